The Morgan fingerprint density at radius 2 is 2.00 bits per heavy atom. The summed E-state index contributed by atoms with van der Waals surface area (Å²) >= 11 is 3.41. The first-order valence-corrected chi connectivity index (χ1v) is 8.99. The fourth-order valence-electron chi connectivity index (χ4n) is 2.13. The summed E-state index contributed by atoms with van der Waals surface area (Å²) in [5.74, 6) is -0.213. The van der Waals surface area contributed by atoms with Gasteiger partial charge < -0.3 is 10.1 Å². The number of nitrogens with one attached hydrogen (secondary N) is 2. The summed E-state index contributed by atoms with van der Waals surface area (Å²) in [6.07, 6.45) is 2.83. The molecule has 0 radical (unpaired) electrons. The van der Waals surface area contributed by atoms with E-state index < -0.39 is 11.8 Å². The molecule has 0 aliphatic carbocycles. The van der Waals surface area contributed by atoms with Crippen molar-refractivity contribution in [3.05, 3.63) is 70.7 Å². The van der Waals surface area contributed by atoms with E-state index in [-0.39, 0.29) is 6.42 Å². The minimum Gasteiger partial charge on any atom is -0.488 e. The number of hydrogen-bond donors (Lipinski definition) is 2. The van der Waals surface area contributed by atoms with Crippen molar-refractivity contribution in [2.45, 2.75) is 13.3 Å². The van der Waals surface area contributed by atoms with Crippen LogP contribution in [0.3, 0.4) is 0 Å². The average molecular weight is 430 g/mol. The number of carbonyl (C=O) groups is 2. The molecule has 6 nitrogen and oxygen atoms in total. The zero-order valence-corrected chi connectivity index (χ0v) is 16.5. The maximum absolute atomic E-state index is 11.9. The Morgan fingerprint density at radius 1 is 1.22 bits per heavy atom. The molecule has 2 aromatic rings. The number of aryl methyl sites for hydroxylation is 1. The predicted octanol–water partition coefficient (Wildman–Crippen LogP) is 3.80. The van der Waals surface area contributed by atoms with Gasteiger partial charge in [0.1, 0.15) is 18.8 Å². The van der Waals surface area contributed by atoms with Gasteiger partial charge in [0.15, 0.2) is 0 Å². The summed E-state index contributed by atoms with van der Waals surface area (Å²) in [5, 5.41) is 6.57. The Hall–Kier alpha value is -2.93. The molecule has 0 bridgehead atoms. The van der Waals surface area contributed by atoms with E-state index in [0.717, 1.165) is 15.6 Å². The molecule has 27 heavy (non-hydrogen) atoms. The van der Waals surface area contributed by atoms with E-state index in [1.165, 1.54) is 6.21 Å². The van der Waals surface area contributed by atoms with E-state index in [9.17, 15) is 9.59 Å². The van der Waals surface area contributed by atoms with Crippen LogP contribution in [0.2, 0.25) is 0 Å². The maximum Gasteiger partial charge on any atom is 0.249 e. The summed E-state index contributed by atoms with van der Waals surface area (Å²) in [7, 11) is 0. The molecule has 0 unspecified atom stereocenters. The number of rotatable bonds is 8. The van der Waals surface area contributed by atoms with Gasteiger partial charge in [0.25, 0.3) is 0 Å². The van der Waals surface area contributed by atoms with E-state index in [0.29, 0.717) is 18.0 Å². The predicted molar refractivity (Wildman–Crippen MR) is 110 cm³/mol. The van der Waals surface area contributed by atoms with E-state index >= 15 is 0 Å². The lowest BCUT2D eigenvalue weighted by atomic mass is 10.2. The van der Waals surface area contributed by atoms with Crippen molar-refractivity contribution < 1.29 is 14.3 Å². The van der Waals surface area contributed by atoms with Crippen molar-refractivity contribution in [1.29, 1.82) is 0 Å². The molecule has 0 spiro atoms. The van der Waals surface area contributed by atoms with Crippen molar-refractivity contribution in [3.63, 3.8) is 0 Å². The number of para-hydroxylation sites is 1. The number of benzene rings is 2. The fraction of sp³-hybridized carbons (Fsp3) is 0.150. The lowest BCUT2D eigenvalue weighted by Gasteiger charge is -2.07. The largest absolute Gasteiger partial charge is 0.488 e. The summed E-state index contributed by atoms with van der Waals surface area (Å²) in [6.45, 7) is 5.89. The van der Waals surface area contributed by atoms with Crippen LogP contribution in [0.1, 0.15) is 17.5 Å². The van der Waals surface area contributed by atoms with Crippen molar-refractivity contribution in [1.82, 2.24) is 5.43 Å². The third-order valence-electron chi connectivity index (χ3n) is 3.46. The second-order valence-corrected chi connectivity index (χ2v) is 6.48. The zero-order valence-electron chi connectivity index (χ0n) is 14.9. The van der Waals surface area contributed by atoms with Crippen LogP contribution in [-0.4, -0.2) is 24.6 Å². The molecule has 2 amide bonds. The van der Waals surface area contributed by atoms with Crippen molar-refractivity contribution in [3.8, 4) is 5.75 Å². The molecule has 0 aromatic heterocycles. The van der Waals surface area contributed by atoms with Gasteiger partial charge in [-0.25, -0.2) is 5.43 Å². The molecule has 2 N–H and O–H groups in total. The molecule has 2 rings (SSSR count). The molecule has 7 heteroatoms. The smallest absolute Gasteiger partial charge is 0.249 e. The molecule has 0 atom stereocenters. The Kier molecular flexibility index (Phi) is 7.76. The second kappa shape index (κ2) is 10.3. The molecule has 0 fully saturated rings. The van der Waals surface area contributed by atoms with Crippen molar-refractivity contribution in [2.75, 3.05) is 11.9 Å². The van der Waals surface area contributed by atoms with Gasteiger partial charge in [-0.2, -0.15) is 5.10 Å². The van der Waals surface area contributed by atoms with Crippen molar-refractivity contribution in [2.24, 2.45) is 5.10 Å². The third-order valence-corrected chi connectivity index (χ3v) is 4.08. The summed E-state index contributed by atoms with van der Waals surface area (Å²) in [6, 6.07) is 12.7. The number of carbonyl (C=O) groups excluding carboxylic acids is 2. The minimum atomic E-state index is -0.498. The molecule has 0 aliphatic heterocycles. The lowest BCUT2D eigenvalue weighted by molar-refractivity contribution is -0.126. The van der Waals surface area contributed by atoms with Crippen LogP contribution in [0.25, 0.3) is 0 Å². The van der Waals surface area contributed by atoms with Crippen LogP contribution < -0.4 is 15.5 Å². The Bertz CT molecular complexity index is 865. The van der Waals surface area contributed by atoms with Crippen LogP contribution in [0, 0.1) is 6.92 Å². The number of halogens is 1. The van der Waals surface area contributed by atoms with Crippen LogP contribution >= 0.6 is 15.9 Å². The third kappa shape index (κ3) is 6.71. The second-order valence-electron chi connectivity index (χ2n) is 5.62. The monoisotopic (exact) mass is 429 g/mol. The SMILES string of the molecule is C=CCOc1ccc(C=NNC(=O)CC(=O)Nc2ccccc2C)cc1Br. The standard InChI is InChI=1S/C20H20BrN3O3/c1-3-10-27-18-9-8-15(11-16(18)21)13-22-24-20(26)12-19(25)23-17-7-5-4-6-14(17)2/h3-9,11,13H,1,10,12H2,2H3,(H,23,25)(H,24,26). The van der Waals surface area contributed by atoms with E-state index in [1.54, 1.807) is 30.3 Å². The lowest BCUT2D eigenvalue weighted by Crippen LogP contribution is -2.24. The van der Waals surface area contributed by atoms with Gasteiger partial charge in [0.05, 0.1) is 10.7 Å². The highest BCUT2D eigenvalue weighted by molar-refractivity contribution is 9.10. The highest BCUT2D eigenvalue weighted by Gasteiger charge is 2.10. The highest BCUT2D eigenvalue weighted by Crippen LogP contribution is 2.25. The summed E-state index contributed by atoms with van der Waals surface area (Å²) in [4.78, 5) is 23.8. The van der Waals surface area contributed by atoms with E-state index in [2.05, 4.69) is 38.4 Å². The van der Waals surface area contributed by atoms with Gasteiger partial charge in [-0.1, -0.05) is 30.9 Å². The quantitative estimate of drug-likeness (QED) is 0.289. The maximum atomic E-state index is 11.9. The van der Waals surface area contributed by atoms with Crippen LogP contribution in [-0.2, 0) is 9.59 Å². The van der Waals surface area contributed by atoms with E-state index in [4.69, 9.17) is 4.74 Å². The minimum absolute atomic E-state index is 0.316. The van der Waals surface area contributed by atoms with Gasteiger partial charge in [-0.3, -0.25) is 9.59 Å². The topological polar surface area (TPSA) is 79.8 Å². The Balaban J connectivity index is 1.84. The molecule has 0 saturated carbocycles. The van der Waals surface area contributed by atoms with Gasteiger partial charge in [0.2, 0.25) is 11.8 Å². The fourth-order valence-corrected chi connectivity index (χ4v) is 2.65. The van der Waals surface area contributed by atoms with Gasteiger partial charge in [0, 0.05) is 5.69 Å². The van der Waals surface area contributed by atoms with Gasteiger partial charge >= 0.3 is 0 Å². The summed E-state index contributed by atoms with van der Waals surface area (Å²) in [5.41, 5.74) is 4.71. The first-order chi connectivity index (χ1) is 13.0. The number of nitrogens with zero attached hydrogens (tertiary/aromatic N) is 1. The molecular formula is C20H20BrN3O3. The average Bonchev–Trinajstić information content (AvgIpc) is 2.63. The molecule has 2 aromatic carbocycles. The van der Waals surface area contributed by atoms with Gasteiger partial charge in [-0.05, 0) is 58.2 Å². The van der Waals surface area contributed by atoms with Crippen LogP contribution in [0.4, 0.5) is 5.69 Å². The Morgan fingerprint density at radius 3 is 2.70 bits per heavy atom. The molecule has 0 aliphatic rings. The molecule has 140 valence electrons. The first-order valence-electron chi connectivity index (χ1n) is 8.20. The van der Waals surface area contributed by atoms with Crippen LogP contribution in [0.15, 0.2) is 64.7 Å². The van der Waals surface area contributed by atoms with E-state index in [1.807, 2.05) is 25.1 Å². The zero-order chi connectivity index (χ0) is 19.6. The highest BCUT2D eigenvalue weighted by atomic mass is 79.9. The van der Waals surface area contributed by atoms with Crippen LogP contribution in [0.5, 0.6) is 5.75 Å². The Labute approximate surface area is 166 Å². The molecular weight excluding hydrogens is 410 g/mol. The first kappa shape index (κ1) is 20.4. The number of hydrogen-bond acceptors (Lipinski definition) is 4. The summed E-state index contributed by atoms with van der Waals surface area (Å²) < 4.78 is 6.22. The normalized spacial score (nSPS) is 10.4. The number of amides is 2. The molecule has 0 saturated heterocycles. The number of ether oxygens (including phenoxy) is 1. The molecule has 0 heterocycles. The number of hydrazone groups is 1. The number of anilines is 1. The van der Waals surface area contributed by atoms with Crippen molar-refractivity contribution >= 4 is 39.6 Å². The van der Waals surface area contributed by atoms with Gasteiger partial charge in [-0.15, -0.1) is 0 Å².